The number of Topliss-reactive ketones (excluding diaryl/α,β-unsaturated/α-hetero) is 1. The van der Waals surface area contributed by atoms with Gasteiger partial charge in [0.25, 0.3) is 0 Å². The number of hydrogen-bond acceptors (Lipinski definition) is 4. The molecule has 27 heavy (non-hydrogen) atoms. The van der Waals surface area contributed by atoms with Crippen molar-refractivity contribution in [2.75, 3.05) is 31.1 Å². The lowest BCUT2D eigenvalue weighted by Gasteiger charge is -2.42. The van der Waals surface area contributed by atoms with Gasteiger partial charge in [0.15, 0.2) is 5.78 Å². The van der Waals surface area contributed by atoms with E-state index in [9.17, 15) is 9.90 Å². The molecule has 2 aliphatic rings. The number of para-hydroxylation sites is 1. The Morgan fingerprint density at radius 2 is 1.85 bits per heavy atom. The Balaban J connectivity index is 1.58. The molecule has 1 N–H and O–H groups in total. The third kappa shape index (κ3) is 3.62. The van der Waals surface area contributed by atoms with E-state index < -0.39 is 6.10 Å². The maximum atomic E-state index is 13.0. The van der Waals surface area contributed by atoms with Crippen LogP contribution in [0.3, 0.4) is 0 Å². The molecule has 0 radical (unpaired) electrons. The van der Waals surface area contributed by atoms with Crippen molar-refractivity contribution < 1.29 is 9.90 Å². The van der Waals surface area contributed by atoms with Gasteiger partial charge in [0.2, 0.25) is 0 Å². The number of rotatable bonds is 5. The largest absolute Gasteiger partial charge is 0.393 e. The summed E-state index contributed by atoms with van der Waals surface area (Å²) in [7, 11) is 0. The Labute approximate surface area is 165 Å². The number of ketones is 1. The molecule has 0 saturated carbocycles. The van der Waals surface area contributed by atoms with Gasteiger partial charge in [-0.1, -0.05) is 36.7 Å². The predicted octanol–water partition coefficient (Wildman–Crippen LogP) is 3.85. The average molecular weight is 385 g/mol. The second-order valence-electron chi connectivity index (χ2n) is 7.56. The lowest BCUT2D eigenvalue weighted by molar-refractivity contribution is -0.120. The predicted molar refractivity (Wildman–Crippen MR) is 109 cm³/mol. The summed E-state index contributed by atoms with van der Waals surface area (Å²) < 4.78 is 0. The third-order valence-electron chi connectivity index (χ3n) is 5.90. The highest BCUT2D eigenvalue weighted by Crippen LogP contribution is 2.40. The molecule has 0 aromatic heterocycles. The fourth-order valence-corrected chi connectivity index (χ4v) is 4.33. The quantitative estimate of drug-likeness (QED) is 0.850. The topological polar surface area (TPSA) is 43.8 Å². The van der Waals surface area contributed by atoms with Crippen LogP contribution in [0.15, 0.2) is 48.5 Å². The second-order valence-corrected chi connectivity index (χ2v) is 7.99. The fraction of sp³-hybridized carbons (Fsp3) is 0.409. The van der Waals surface area contributed by atoms with Gasteiger partial charge in [0.05, 0.1) is 12.6 Å². The van der Waals surface area contributed by atoms with E-state index in [4.69, 9.17) is 11.6 Å². The van der Waals surface area contributed by atoms with Crippen molar-refractivity contribution in [1.82, 2.24) is 4.90 Å². The number of nitrogens with zero attached hydrogens (tertiary/aromatic N) is 2. The number of carbonyl (C=O) groups is 1. The molecule has 142 valence electrons. The van der Waals surface area contributed by atoms with Crippen molar-refractivity contribution in [3.8, 4) is 0 Å². The summed E-state index contributed by atoms with van der Waals surface area (Å²) in [4.78, 5) is 17.4. The molecule has 2 unspecified atom stereocenters. The maximum absolute atomic E-state index is 13.0. The van der Waals surface area contributed by atoms with Gasteiger partial charge >= 0.3 is 0 Å². The minimum Gasteiger partial charge on any atom is -0.393 e. The number of aliphatic hydroxyl groups is 1. The zero-order valence-corrected chi connectivity index (χ0v) is 16.3. The van der Waals surface area contributed by atoms with E-state index in [0.29, 0.717) is 18.0 Å². The number of fused-ring (bicyclic) bond motifs is 1. The first kappa shape index (κ1) is 18.5. The van der Waals surface area contributed by atoms with Gasteiger partial charge in [-0.25, -0.2) is 0 Å². The van der Waals surface area contributed by atoms with Crippen LogP contribution < -0.4 is 4.90 Å². The fourth-order valence-electron chi connectivity index (χ4n) is 4.21. The van der Waals surface area contributed by atoms with E-state index in [1.807, 2.05) is 47.4 Å². The number of aliphatic hydroxyl groups excluding tert-OH is 1. The molecule has 0 amide bonds. The van der Waals surface area contributed by atoms with Gasteiger partial charge in [-0.3, -0.25) is 4.79 Å². The van der Waals surface area contributed by atoms with Crippen LogP contribution in [0.2, 0.25) is 5.02 Å². The summed E-state index contributed by atoms with van der Waals surface area (Å²) in [5.74, 6) is 0.198. The lowest BCUT2D eigenvalue weighted by Crippen LogP contribution is -2.52. The second kappa shape index (κ2) is 7.63. The summed E-state index contributed by atoms with van der Waals surface area (Å²) in [5, 5.41) is 11.4. The van der Waals surface area contributed by atoms with Crippen LogP contribution in [0.5, 0.6) is 0 Å². The normalized spacial score (nSPS) is 21.7. The monoisotopic (exact) mass is 384 g/mol. The van der Waals surface area contributed by atoms with Gasteiger partial charge in [0.1, 0.15) is 0 Å². The van der Waals surface area contributed by atoms with Crippen LogP contribution >= 0.6 is 11.6 Å². The molecule has 0 spiro atoms. The summed E-state index contributed by atoms with van der Waals surface area (Å²) in [5.41, 5.74) is 3.01. The van der Waals surface area contributed by atoms with Crippen LogP contribution in [-0.2, 0) is 4.79 Å². The van der Waals surface area contributed by atoms with Crippen LogP contribution in [0, 0.1) is 5.92 Å². The first-order valence-corrected chi connectivity index (χ1v) is 9.99. The Bertz CT molecular complexity index is 817. The van der Waals surface area contributed by atoms with Crippen molar-refractivity contribution in [2.24, 2.45) is 5.92 Å². The van der Waals surface area contributed by atoms with Gasteiger partial charge in [-0.15, -0.1) is 0 Å². The van der Waals surface area contributed by atoms with Crippen LogP contribution in [0.25, 0.3) is 0 Å². The summed E-state index contributed by atoms with van der Waals surface area (Å²) in [6, 6.07) is 15.6. The first-order valence-electron chi connectivity index (χ1n) is 9.62. The minimum atomic E-state index is -0.433. The molecule has 1 saturated heterocycles. The van der Waals surface area contributed by atoms with E-state index in [2.05, 4.69) is 17.9 Å². The van der Waals surface area contributed by atoms with Gasteiger partial charge in [-0.05, 0) is 48.9 Å². The van der Waals surface area contributed by atoms with Gasteiger partial charge < -0.3 is 14.9 Å². The molecule has 2 aromatic rings. The molecule has 2 aliphatic heterocycles. The Kier molecular flexibility index (Phi) is 5.22. The van der Waals surface area contributed by atoms with Crippen LogP contribution in [-0.4, -0.2) is 48.1 Å². The number of carbonyl (C=O) groups excluding carboxylic acids is 1. The third-order valence-corrected chi connectivity index (χ3v) is 6.15. The van der Waals surface area contributed by atoms with Crippen molar-refractivity contribution in [3.05, 3.63) is 59.1 Å². The van der Waals surface area contributed by atoms with Crippen molar-refractivity contribution in [2.45, 2.75) is 25.4 Å². The Hall–Kier alpha value is -1.88. The molecule has 0 aliphatic carbocycles. The van der Waals surface area contributed by atoms with E-state index in [1.165, 1.54) is 0 Å². The molecular weight excluding hydrogens is 360 g/mol. The minimum absolute atomic E-state index is 0.161. The van der Waals surface area contributed by atoms with Crippen molar-refractivity contribution >= 4 is 28.8 Å². The molecule has 4 rings (SSSR count). The first-order chi connectivity index (χ1) is 13.1. The number of benzene rings is 2. The lowest BCUT2D eigenvalue weighted by atomic mass is 9.80. The Morgan fingerprint density at radius 3 is 2.56 bits per heavy atom. The van der Waals surface area contributed by atoms with E-state index in [-0.39, 0.29) is 17.6 Å². The molecule has 1 fully saturated rings. The summed E-state index contributed by atoms with van der Waals surface area (Å²) in [6.45, 7) is 5.33. The zero-order valence-electron chi connectivity index (χ0n) is 15.5. The smallest absolute Gasteiger partial charge is 0.160 e. The van der Waals surface area contributed by atoms with Crippen LogP contribution in [0.4, 0.5) is 11.4 Å². The molecular formula is C22H25ClN2O2. The van der Waals surface area contributed by atoms with Crippen LogP contribution in [0.1, 0.15) is 24.8 Å². The molecule has 2 aromatic carbocycles. The highest BCUT2D eigenvalue weighted by molar-refractivity contribution is 6.30. The zero-order chi connectivity index (χ0) is 19.0. The highest BCUT2D eigenvalue weighted by atomic mass is 35.5. The SMILES string of the molecule is CCN1CC(C(O)CC2C(=O)CN(c3ccc(Cl)cc3)c3ccccc32)C1. The number of anilines is 2. The number of halogens is 1. The van der Waals surface area contributed by atoms with Crippen molar-refractivity contribution in [3.63, 3.8) is 0 Å². The summed E-state index contributed by atoms with van der Waals surface area (Å²) in [6.07, 6.45) is 0.0730. The van der Waals surface area contributed by atoms with Gasteiger partial charge in [-0.2, -0.15) is 0 Å². The average Bonchev–Trinajstić information content (AvgIpc) is 2.64. The molecule has 4 nitrogen and oxygen atoms in total. The van der Waals surface area contributed by atoms with E-state index >= 15 is 0 Å². The highest BCUT2D eigenvalue weighted by Gasteiger charge is 2.38. The standard InChI is InChI=1S/C22H25ClN2O2/c1-2-24-12-15(13-24)21(26)11-19-18-5-3-4-6-20(18)25(14-22(19)27)17-9-7-16(23)8-10-17/h3-10,15,19,21,26H,2,11-14H2,1H3. The van der Waals surface area contributed by atoms with E-state index in [0.717, 1.165) is 36.6 Å². The number of hydrogen-bond donors (Lipinski definition) is 1. The molecule has 2 atom stereocenters. The summed E-state index contributed by atoms with van der Waals surface area (Å²) >= 11 is 6.01. The molecule has 0 bridgehead atoms. The van der Waals surface area contributed by atoms with Gasteiger partial charge in [0, 0.05) is 41.3 Å². The number of likely N-dealkylation sites (tertiary alicyclic amines) is 1. The Morgan fingerprint density at radius 1 is 1.15 bits per heavy atom. The van der Waals surface area contributed by atoms with Crippen molar-refractivity contribution in [1.29, 1.82) is 0 Å². The molecule has 5 heteroatoms. The molecule has 2 heterocycles. The van der Waals surface area contributed by atoms with E-state index in [1.54, 1.807) is 0 Å². The maximum Gasteiger partial charge on any atom is 0.160 e.